The van der Waals surface area contributed by atoms with Crippen LogP contribution in [-0.2, 0) is 10.0 Å². The Kier molecular flexibility index (Phi) is 5.41. The van der Waals surface area contributed by atoms with Crippen molar-refractivity contribution in [2.45, 2.75) is 45.1 Å². The molecule has 1 aromatic carbocycles. The van der Waals surface area contributed by atoms with Gasteiger partial charge in [-0.05, 0) is 38.8 Å². The van der Waals surface area contributed by atoms with E-state index in [2.05, 4.69) is 0 Å². The second kappa shape index (κ2) is 6.48. The summed E-state index contributed by atoms with van der Waals surface area (Å²) in [5.41, 5.74) is -0.681. The summed E-state index contributed by atoms with van der Waals surface area (Å²) in [6.07, 6.45) is 0.611. The number of nitrogens with zero attached hydrogens (tertiary/aromatic N) is 2. The predicted molar refractivity (Wildman–Crippen MR) is 77.1 cm³/mol. The molecule has 0 aliphatic heterocycles. The molecule has 0 saturated heterocycles. The minimum absolute atomic E-state index is 0.153. The summed E-state index contributed by atoms with van der Waals surface area (Å²) < 4.78 is 40.1. The Morgan fingerprint density at radius 1 is 1.38 bits per heavy atom. The lowest BCUT2D eigenvalue weighted by molar-refractivity contribution is -0.387. The standard InChI is InChI=1S/C13H19FN2O4S/c1-5-6-15(9(2)3)21(19,20)13-8-12(16(17)18)11(14)7-10(13)4/h7-9H,5-6H2,1-4H3. The first-order valence-corrected chi connectivity index (χ1v) is 8.03. The van der Waals surface area contributed by atoms with Gasteiger partial charge in [-0.25, -0.2) is 8.42 Å². The van der Waals surface area contributed by atoms with E-state index in [0.29, 0.717) is 13.0 Å². The molecule has 0 heterocycles. The van der Waals surface area contributed by atoms with Crippen LogP contribution in [0.15, 0.2) is 17.0 Å². The SMILES string of the molecule is CCCN(C(C)C)S(=O)(=O)c1cc([N+](=O)[O-])c(F)cc1C. The molecule has 0 aliphatic carbocycles. The van der Waals surface area contributed by atoms with Crippen molar-refractivity contribution in [1.29, 1.82) is 0 Å². The average molecular weight is 318 g/mol. The topological polar surface area (TPSA) is 80.5 Å². The van der Waals surface area contributed by atoms with Gasteiger partial charge in [0.25, 0.3) is 0 Å². The van der Waals surface area contributed by atoms with Gasteiger partial charge in [0.15, 0.2) is 0 Å². The lowest BCUT2D eigenvalue weighted by Gasteiger charge is -2.26. The highest BCUT2D eigenvalue weighted by atomic mass is 32.2. The van der Waals surface area contributed by atoms with Crippen LogP contribution in [0, 0.1) is 22.9 Å². The zero-order valence-electron chi connectivity index (χ0n) is 12.5. The van der Waals surface area contributed by atoms with Gasteiger partial charge in [0.2, 0.25) is 15.8 Å². The maximum atomic E-state index is 13.5. The fourth-order valence-electron chi connectivity index (χ4n) is 2.06. The number of hydrogen-bond donors (Lipinski definition) is 0. The minimum atomic E-state index is -3.90. The van der Waals surface area contributed by atoms with Crippen LogP contribution < -0.4 is 0 Å². The van der Waals surface area contributed by atoms with Gasteiger partial charge in [-0.2, -0.15) is 8.70 Å². The lowest BCUT2D eigenvalue weighted by Crippen LogP contribution is -2.37. The molecule has 0 aliphatic rings. The number of benzene rings is 1. The van der Waals surface area contributed by atoms with Gasteiger partial charge in [-0.3, -0.25) is 10.1 Å². The van der Waals surface area contributed by atoms with E-state index >= 15 is 0 Å². The molecule has 6 nitrogen and oxygen atoms in total. The molecular formula is C13H19FN2O4S. The third kappa shape index (κ3) is 3.56. The fraction of sp³-hybridized carbons (Fsp3) is 0.538. The molecule has 0 atom stereocenters. The summed E-state index contributed by atoms with van der Waals surface area (Å²) in [4.78, 5) is 9.65. The highest BCUT2D eigenvalue weighted by molar-refractivity contribution is 7.89. The zero-order chi connectivity index (χ0) is 16.4. The third-order valence-electron chi connectivity index (χ3n) is 3.05. The van der Waals surface area contributed by atoms with E-state index in [-0.39, 0.29) is 16.5 Å². The van der Waals surface area contributed by atoms with Crippen molar-refractivity contribution in [3.05, 3.63) is 33.6 Å². The smallest absolute Gasteiger partial charge is 0.258 e. The van der Waals surface area contributed by atoms with Crippen LogP contribution in [0.4, 0.5) is 10.1 Å². The largest absolute Gasteiger partial charge is 0.306 e. The van der Waals surface area contributed by atoms with Crippen molar-refractivity contribution in [3.63, 3.8) is 0 Å². The second-order valence-electron chi connectivity index (χ2n) is 5.04. The van der Waals surface area contributed by atoms with E-state index in [1.54, 1.807) is 13.8 Å². The molecule has 118 valence electrons. The number of sulfonamides is 1. The van der Waals surface area contributed by atoms with Gasteiger partial charge in [0.1, 0.15) is 0 Å². The van der Waals surface area contributed by atoms with E-state index in [0.717, 1.165) is 12.1 Å². The van der Waals surface area contributed by atoms with Gasteiger partial charge >= 0.3 is 5.69 Å². The molecule has 1 aromatic rings. The molecule has 0 saturated carbocycles. The molecule has 0 bridgehead atoms. The van der Waals surface area contributed by atoms with Crippen LogP contribution in [0.5, 0.6) is 0 Å². The Bertz CT molecular complexity index is 644. The molecule has 0 spiro atoms. The van der Waals surface area contributed by atoms with Crippen LogP contribution in [-0.4, -0.2) is 30.2 Å². The van der Waals surface area contributed by atoms with E-state index in [1.165, 1.54) is 11.2 Å². The highest BCUT2D eigenvalue weighted by Gasteiger charge is 2.30. The van der Waals surface area contributed by atoms with Crippen LogP contribution in [0.25, 0.3) is 0 Å². The molecule has 0 unspecified atom stereocenters. The third-order valence-corrected chi connectivity index (χ3v) is 5.26. The van der Waals surface area contributed by atoms with Gasteiger partial charge < -0.3 is 0 Å². The van der Waals surface area contributed by atoms with Crippen molar-refractivity contribution in [2.24, 2.45) is 0 Å². The Labute approximate surface area is 123 Å². The quantitative estimate of drug-likeness (QED) is 0.596. The summed E-state index contributed by atoms with van der Waals surface area (Å²) in [6.45, 7) is 7.00. The summed E-state index contributed by atoms with van der Waals surface area (Å²) in [7, 11) is -3.90. The molecule has 8 heteroatoms. The van der Waals surface area contributed by atoms with Crippen molar-refractivity contribution in [2.75, 3.05) is 6.54 Å². The molecule has 0 fully saturated rings. The average Bonchev–Trinajstić information content (AvgIpc) is 2.34. The predicted octanol–water partition coefficient (Wildman–Crippen LogP) is 2.85. The molecular weight excluding hydrogens is 299 g/mol. The maximum absolute atomic E-state index is 13.5. The fourth-order valence-corrected chi connectivity index (χ4v) is 4.02. The molecule has 21 heavy (non-hydrogen) atoms. The number of halogens is 1. The maximum Gasteiger partial charge on any atom is 0.306 e. The van der Waals surface area contributed by atoms with Crippen LogP contribution >= 0.6 is 0 Å². The minimum Gasteiger partial charge on any atom is -0.258 e. The molecule has 0 radical (unpaired) electrons. The van der Waals surface area contributed by atoms with Crippen LogP contribution in [0.3, 0.4) is 0 Å². The van der Waals surface area contributed by atoms with E-state index in [4.69, 9.17) is 0 Å². The molecule has 0 amide bonds. The first kappa shape index (κ1) is 17.5. The molecule has 0 aromatic heterocycles. The summed E-state index contributed by atoms with van der Waals surface area (Å²) in [5, 5.41) is 10.8. The summed E-state index contributed by atoms with van der Waals surface area (Å²) in [5.74, 6) is -1.04. The number of nitro groups is 1. The van der Waals surface area contributed by atoms with E-state index in [9.17, 15) is 22.9 Å². The Morgan fingerprint density at radius 2 is 1.95 bits per heavy atom. The normalized spacial score (nSPS) is 12.1. The second-order valence-corrected chi connectivity index (χ2v) is 6.89. The van der Waals surface area contributed by atoms with Crippen molar-refractivity contribution < 1.29 is 17.7 Å². The van der Waals surface area contributed by atoms with Gasteiger partial charge in [-0.15, -0.1) is 0 Å². The Hall–Kier alpha value is -1.54. The van der Waals surface area contributed by atoms with E-state index in [1.807, 2.05) is 6.92 Å². The van der Waals surface area contributed by atoms with Crippen LogP contribution in [0.1, 0.15) is 32.8 Å². The first-order valence-electron chi connectivity index (χ1n) is 6.59. The van der Waals surface area contributed by atoms with E-state index < -0.39 is 26.5 Å². The number of rotatable bonds is 6. The number of aryl methyl sites for hydroxylation is 1. The van der Waals surface area contributed by atoms with Crippen molar-refractivity contribution in [3.8, 4) is 0 Å². The monoisotopic (exact) mass is 318 g/mol. The zero-order valence-corrected chi connectivity index (χ0v) is 13.3. The summed E-state index contributed by atoms with van der Waals surface area (Å²) in [6, 6.07) is 1.39. The van der Waals surface area contributed by atoms with Gasteiger partial charge in [-0.1, -0.05) is 6.92 Å². The Morgan fingerprint density at radius 3 is 2.38 bits per heavy atom. The number of hydrogen-bond acceptors (Lipinski definition) is 4. The van der Waals surface area contributed by atoms with Crippen molar-refractivity contribution >= 4 is 15.7 Å². The summed E-state index contributed by atoms with van der Waals surface area (Å²) >= 11 is 0. The molecule has 1 rings (SSSR count). The van der Waals surface area contributed by atoms with Gasteiger partial charge in [0.05, 0.1) is 9.82 Å². The van der Waals surface area contributed by atoms with Crippen molar-refractivity contribution in [1.82, 2.24) is 4.31 Å². The first-order chi connectivity index (χ1) is 9.62. The molecule has 0 N–H and O–H groups in total. The van der Waals surface area contributed by atoms with Gasteiger partial charge in [0, 0.05) is 18.7 Å². The number of nitro benzene ring substituents is 1. The Balaban J connectivity index is 3.50. The van der Waals surface area contributed by atoms with Crippen LogP contribution in [0.2, 0.25) is 0 Å². The lowest BCUT2D eigenvalue weighted by atomic mass is 10.2. The highest BCUT2D eigenvalue weighted by Crippen LogP contribution is 2.28.